The highest BCUT2D eigenvalue weighted by atomic mass is 32.2. The quantitative estimate of drug-likeness (QED) is 0.747. The van der Waals surface area contributed by atoms with Crippen molar-refractivity contribution in [2.75, 3.05) is 13.1 Å². The molecule has 0 radical (unpaired) electrons. The average Bonchev–Trinajstić information content (AvgIpc) is 2.71. The minimum Gasteiger partial charge on any atom is -0.352 e. The van der Waals surface area contributed by atoms with E-state index in [0.29, 0.717) is 32.5 Å². The summed E-state index contributed by atoms with van der Waals surface area (Å²) in [5.41, 5.74) is 2.22. The van der Waals surface area contributed by atoms with Crippen molar-refractivity contribution >= 4 is 15.9 Å². The van der Waals surface area contributed by atoms with E-state index in [1.54, 1.807) is 0 Å². The van der Waals surface area contributed by atoms with Crippen LogP contribution in [-0.2, 0) is 21.4 Å². The predicted molar refractivity (Wildman–Crippen MR) is 110 cm³/mol. The summed E-state index contributed by atoms with van der Waals surface area (Å²) in [7, 11) is -3.63. The van der Waals surface area contributed by atoms with Crippen molar-refractivity contribution in [2.45, 2.75) is 44.0 Å². The molecule has 0 spiro atoms. The van der Waals surface area contributed by atoms with Crippen LogP contribution in [0.5, 0.6) is 0 Å². The molecule has 1 atom stereocenters. The van der Waals surface area contributed by atoms with Crippen LogP contribution in [0.2, 0.25) is 0 Å². The Bertz CT molecular complexity index is 945. The van der Waals surface area contributed by atoms with E-state index in [4.69, 9.17) is 0 Å². The number of hydrogen-bond acceptors (Lipinski definition) is 3. The number of benzene rings is 2. The zero-order valence-electron chi connectivity index (χ0n) is 16.6. The molecule has 0 aliphatic carbocycles. The first-order chi connectivity index (χ1) is 13.8. The summed E-state index contributed by atoms with van der Waals surface area (Å²) in [4.78, 5) is 12.3. The molecular weight excluding hydrogens is 391 g/mol. The first-order valence-electron chi connectivity index (χ1n) is 9.92. The van der Waals surface area contributed by atoms with Gasteiger partial charge in [0.2, 0.25) is 15.9 Å². The van der Waals surface area contributed by atoms with Gasteiger partial charge < -0.3 is 5.32 Å². The zero-order valence-corrected chi connectivity index (χ0v) is 17.4. The molecule has 2 aromatic rings. The van der Waals surface area contributed by atoms with Crippen LogP contribution in [0.3, 0.4) is 0 Å². The van der Waals surface area contributed by atoms with E-state index < -0.39 is 15.8 Å². The van der Waals surface area contributed by atoms with Gasteiger partial charge >= 0.3 is 0 Å². The molecule has 0 bridgehead atoms. The third-order valence-corrected chi connectivity index (χ3v) is 7.16. The van der Waals surface area contributed by atoms with Gasteiger partial charge in [0.25, 0.3) is 0 Å². The number of sulfonamides is 1. The van der Waals surface area contributed by atoms with Gasteiger partial charge in [-0.25, -0.2) is 12.8 Å². The van der Waals surface area contributed by atoms with Crippen LogP contribution in [0.15, 0.2) is 53.4 Å². The molecule has 1 aliphatic heterocycles. The predicted octanol–water partition coefficient (Wildman–Crippen LogP) is 3.63. The topological polar surface area (TPSA) is 66.5 Å². The van der Waals surface area contributed by atoms with E-state index in [2.05, 4.69) is 5.32 Å². The number of piperidine rings is 1. The Labute approximate surface area is 172 Å². The fourth-order valence-corrected chi connectivity index (χ4v) is 5.24. The fourth-order valence-electron chi connectivity index (χ4n) is 3.68. The number of aryl methyl sites for hydroxylation is 1. The molecule has 0 saturated carbocycles. The summed E-state index contributed by atoms with van der Waals surface area (Å²) < 4.78 is 40.1. The van der Waals surface area contributed by atoms with Crippen molar-refractivity contribution < 1.29 is 17.6 Å². The lowest BCUT2D eigenvalue weighted by atomic mass is 9.94. The summed E-state index contributed by atoms with van der Waals surface area (Å²) in [5.74, 6) is -0.342. The van der Waals surface area contributed by atoms with Crippen molar-refractivity contribution in [3.8, 4) is 0 Å². The fraction of sp³-hybridized carbons (Fsp3) is 0.409. The van der Waals surface area contributed by atoms with Gasteiger partial charge in [0.1, 0.15) is 5.82 Å². The number of rotatable bonds is 7. The lowest BCUT2D eigenvalue weighted by Crippen LogP contribution is -2.40. The maximum atomic E-state index is 13.1. The number of carbonyl (C=O) groups is 1. The minimum absolute atomic E-state index is 0.0231. The van der Waals surface area contributed by atoms with E-state index in [1.807, 2.05) is 31.2 Å². The highest BCUT2D eigenvalue weighted by molar-refractivity contribution is 7.89. The summed E-state index contributed by atoms with van der Waals surface area (Å²) in [6.07, 6.45) is 2.69. The molecule has 156 valence electrons. The number of halogens is 1. The van der Waals surface area contributed by atoms with Gasteiger partial charge in [-0.1, -0.05) is 29.8 Å². The van der Waals surface area contributed by atoms with E-state index in [1.165, 1.54) is 16.4 Å². The van der Waals surface area contributed by atoms with Crippen LogP contribution < -0.4 is 5.32 Å². The Balaban J connectivity index is 1.50. The standard InChI is InChI=1S/C22H27FN2O3S/c1-17-4-2-5-19(14-17)15-24-22(26)12-7-18-6-3-13-25(16-18)29(27,28)21-10-8-20(23)9-11-21/h2,4-5,8-11,14,18H,3,6-7,12-13,15-16H2,1H3,(H,24,26). The number of amides is 1. The number of nitrogens with one attached hydrogen (secondary N) is 1. The van der Waals surface area contributed by atoms with Gasteiger partial charge in [-0.3, -0.25) is 4.79 Å². The molecular formula is C22H27FN2O3S. The van der Waals surface area contributed by atoms with E-state index in [0.717, 1.165) is 36.1 Å². The first kappa shape index (κ1) is 21.5. The molecule has 3 rings (SSSR count). The minimum atomic E-state index is -3.63. The normalized spacial score (nSPS) is 17.8. The highest BCUT2D eigenvalue weighted by Crippen LogP contribution is 2.26. The van der Waals surface area contributed by atoms with E-state index in [9.17, 15) is 17.6 Å². The monoisotopic (exact) mass is 418 g/mol. The largest absolute Gasteiger partial charge is 0.352 e. The molecule has 1 aliphatic rings. The lowest BCUT2D eigenvalue weighted by Gasteiger charge is -2.32. The molecule has 1 unspecified atom stereocenters. The van der Waals surface area contributed by atoms with E-state index >= 15 is 0 Å². The number of nitrogens with zero attached hydrogens (tertiary/aromatic N) is 1. The van der Waals surface area contributed by atoms with Gasteiger partial charge in [0, 0.05) is 26.1 Å². The third-order valence-electron chi connectivity index (χ3n) is 5.28. The van der Waals surface area contributed by atoms with Crippen molar-refractivity contribution in [3.05, 3.63) is 65.5 Å². The molecule has 5 nitrogen and oxygen atoms in total. The van der Waals surface area contributed by atoms with Gasteiger partial charge in [-0.2, -0.15) is 4.31 Å². The summed E-state index contributed by atoms with van der Waals surface area (Å²) in [6, 6.07) is 12.9. The number of carbonyl (C=O) groups excluding carboxylic acids is 1. The Morgan fingerprint density at radius 2 is 1.97 bits per heavy atom. The SMILES string of the molecule is Cc1cccc(CNC(=O)CCC2CCCN(S(=O)(=O)c3ccc(F)cc3)C2)c1. The van der Waals surface area contributed by atoms with Gasteiger partial charge in [0.05, 0.1) is 4.90 Å². The molecule has 7 heteroatoms. The lowest BCUT2D eigenvalue weighted by molar-refractivity contribution is -0.121. The molecule has 1 heterocycles. The Morgan fingerprint density at radius 1 is 1.21 bits per heavy atom. The molecule has 0 aromatic heterocycles. The smallest absolute Gasteiger partial charge is 0.243 e. The maximum absolute atomic E-state index is 13.1. The third kappa shape index (κ3) is 5.87. The Morgan fingerprint density at radius 3 is 2.69 bits per heavy atom. The molecule has 2 aromatic carbocycles. The maximum Gasteiger partial charge on any atom is 0.243 e. The molecule has 1 amide bonds. The van der Waals surface area contributed by atoms with Crippen molar-refractivity contribution in [2.24, 2.45) is 5.92 Å². The van der Waals surface area contributed by atoms with Crippen LogP contribution >= 0.6 is 0 Å². The highest BCUT2D eigenvalue weighted by Gasteiger charge is 2.30. The Hall–Kier alpha value is -2.25. The van der Waals surface area contributed by atoms with Crippen LogP contribution in [0, 0.1) is 18.7 Å². The Kier molecular flexibility index (Phi) is 7.03. The molecule has 1 N–H and O–H groups in total. The van der Waals surface area contributed by atoms with Crippen LogP contribution in [0.4, 0.5) is 4.39 Å². The summed E-state index contributed by atoms with van der Waals surface area (Å²) in [5, 5.41) is 2.93. The van der Waals surface area contributed by atoms with Crippen molar-refractivity contribution in [3.63, 3.8) is 0 Å². The second kappa shape index (κ2) is 9.50. The second-order valence-electron chi connectivity index (χ2n) is 7.63. The van der Waals surface area contributed by atoms with Gasteiger partial charge in [-0.15, -0.1) is 0 Å². The number of hydrogen-bond donors (Lipinski definition) is 1. The van der Waals surface area contributed by atoms with E-state index in [-0.39, 0.29) is 16.7 Å². The van der Waals surface area contributed by atoms with Gasteiger partial charge in [-0.05, 0) is 61.9 Å². The first-order valence-corrected chi connectivity index (χ1v) is 11.4. The summed E-state index contributed by atoms with van der Waals surface area (Å²) in [6.45, 7) is 3.36. The summed E-state index contributed by atoms with van der Waals surface area (Å²) >= 11 is 0. The molecule has 29 heavy (non-hydrogen) atoms. The van der Waals surface area contributed by atoms with Gasteiger partial charge in [0.15, 0.2) is 0 Å². The van der Waals surface area contributed by atoms with Crippen LogP contribution in [0.25, 0.3) is 0 Å². The van der Waals surface area contributed by atoms with Crippen molar-refractivity contribution in [1.29, 1.82) is 0 Å². The zero-order chi connectivity index (χ0) is 20.9. The second-order valence-corrected chi connectivity index (χ2v) is 9.57. The average molecular weight is 419 g/mol. The van der Waals surface area contributed by atoms with Crippen LogP contribution in [0.1, 0.15) is 36.8 Å². The van der Waals surface area contributed by atoms with Crippen LogP contribution in [-0.4, -0.2) is 31.7 Å². The molecule has 1 saturated heterocycles. The molecule has 1 fully saturated rings. The van der Waals surface area contributed by atoms with Crippen molar-refractivity contribution in [1.82, 2.24) is 9.62 Å².